The number of methoxy groups -OCH3 is 1. The minimum atomic E-state index is -0.366. The van der Waals surface area contributed by atoms with E-state index in [0.29, 0.717) is 5.41 Å². The van der Waals surface area contributed by atoms with E-state index in [1.807, 2.05) is 13.3 Å². The zero-order valence-electron chi connectivity index (χ0n) is 17.8. The van der Waals surface area contributed by atoms with Crippen LogP contribution in [0.1, 0.15) is 72.9 Å². The molecular formula is C20H35BN2O3. The lowest BCUT2D eigenvalue weighted by Gasteiger charge is -2.44. The van der Waals surface area contributed by atoms with Crippen LogP contribution in [0.25, 0.3) is 0 Å². The number of aromatic nitrogens is 2. The van der Waals surface area contributed by atoms with Gasteiger partial charge in [-0.15, -0.1) is 0 Å². The van der Waals surface area contributed by atoms with E-state index in [-0.39, 0.29) is 23.9 Å². The van der Waals surface area contributed by atoms with Crippen molar-refractivity contribution in [2.45, 2.75) is 97.5 Å². The number of nitrogens with zero attached hydrogens (tertiary/aromatic N) is 2. The predicted molar refractivity (Wildman–Crippen MR) is 105 cm³/mol. The van der Waals surface area contributed by atoms with E-state index in [2.05, 4.69) is 58.2 Å². The second-order valence-corrected chi connectivity index (χ2v) is 10.0. The highest BCUT2D eigenvalue weighted by Gasteiger charge is 2.52. The van der Waals surface area contributed by atoms with E-state index in [4.69, 9.17) is 14.0 Å². The summed E-state index contributed by atoms with van der Waals surface area (Å²) in [5, 5.41) is 4.67. The Morgan fingerprint density at radius 3 is 2.27 bits per heavy atom. The molecule has 2 fully saturated rings. The van der Waals surface area contributed by atoms with E-state index in [0.717, 1.165) is 30.5 Å². The first-order valence-corrected chi connectivity index (χ1v) is 9.84. The number of hydrogen-bond donors (Lipinski definition) is 0. The van der Waals surface area contributed by atoms with Crippen LogP contribution >= 0.6 is 0 Å². The Bertz CT molecular complexity index is 652. The third-order valence-corrected chi connectivity index (χ3v) is 6.81. The van der Waals surface area contributed by atoms with Crippen molar-refractivity contribution in [3.63, 3.8) is 0 Å². The van der Waals surface area contributed by atoms with Gasteiger partial charge in [0.05, 0.1) is 23.3 Å². The fourth-order valence-corrected chi connectivity index (χ4v) is 4.41. The van der Waals surface area contributed by atoms with Gasteiger partial charge < -0.3 is 14.0 Å². The molecule has 1 atom stereocenters. The molecule has 1 aromatic rings. The van der Waals surface area contributed by atoms with Gasteiger partial charge in [0.2, 0.25) is 0 Å². The molecule has 2 heterocycles. The Morgan fingerprint density at radius 2 is 1.73 bits per heavy atom. The van der Waals surface area contributed by atoms with Crippen molar-refractivity contribution in [2.24, 2.45) is 5.41 Å². The quantitative estimate of drug-likeness (QED) is 0.770. The molecule has 0 spiro atoms. The van der Waals surface area contributed by atoms with E-state index in [1.54, 1.807) is 0 Å². The topological polar surface area (TPSA) is 45.5 Å². The van der Waals surface area contributed by atoms with Crippen molar-refractivity contribution in [1.29, 1.82) is 0 Å². The second-order valence-electron chi connectivity index (χ2n) is 10.0. The van der Waals surface area contributed by atoms with Gasteiger partial charge in [0.25, 0.3) is 0 Å². The standard InChI is InChI=1S/C20H35BN2O3/c1-15-16(21-25-18(4,5)19(6,7)26-21)12-22-23(15)14-20(24-8)11-9-10-17(2,3)13-20/h12H,9-11,13-14H2,1-8H3. The van der Waals surface area contributed by atoms with Gasteiger partial charge in [0, 0.05) is 24.5 Å². The van der Waals surface area contributed by atoms with Crippen molar-refractivity contribution in [3.8, 4) is 0 Å². The molecule has 1 aliphatic carbocycles. The molecule has 26 heavy (non-hydrogen) atoms. The molecule has 1 aromatic heterocycles. The van der Waals surface area contributed by atoms with E-state index >= 15 is 0 Å². The minimum absolute atomic E-state index is 0.147. The molecule has 146 valence electrons. The first-order valence-electron chi connectivity index (χ1n) is 9.84. The molecule has 5 nitrogen and oxygen atoms in total. The fourth-order valence-electron chi connectivity index (χ4n) is 4.41. The lowest BCUT2D eigenvalue weighted by atomic mass is 9.69. The number of hydrogen-bond acceptors (Lipinski definition) is 4. The minimum Gasteiger partial charge on any atom is -0.399 e. The lowest BCUT2D eigenvalue weighted by Crippen LogP contribution is -2.45. The largest absolute Gasteiger partial charge is 0.498 e. The van der Waals surface area contributed by atoms with Gasteiger partial charge in [0.15, 0.2) is 0 Å². The molecule has 6 heteroatoms. The first-order chi connectivity index (χ1) is 11.9. The molecule has 0 bridgehead atoms. The highest BCUT2D eigenvalue weighted by molar-refractivity contribution is 6.62. The van der Waals surface area contributed by atoms with Gasteiger partial charge in [0.1, 0.15) is 0 Å². The highest BCUT2D eigenvalue weighted by atomic mass is 16.7. The fraction of sp³-hybridized carbons (Fsp3) is 0.850. The summed E-state index contributed by atoms with van der Waals surface area (Å²) in [6, 6.07) is 0. The Balaban J connectivity index is 1.82. The average molecular weight is 362 g/mol. The van der Waals surface area contributed by atoms with Crippen LogP contribution in [0.2, 0.25) is 0 Å². The van der Waals surface area contributed by atoms with E-state index in [9.17, 15) is 0 Å². The van der Waals surface area contributed by atoms with Gasteiger partial charge in [-0.3, -0.25) is 4.68 Å². The van der Waals surface area contributed by atoms with Gasteiger partial charge in [-0.05, 0) is 65.7 Å². The van der Waals surface area contributed by atoms with Crippen LogP contribution in [0.15, 0.2) is 6.20 Å². The van der Waals surface area contributed by atoms with Gasteiger partial charge in [-0.25, -0.2) is 0 Å². The van der Waals surface area contributed by atoms with Gasteiger partial charge in [-0.2, -0.15) is 5.10 Å². The smallest absolute Gasteiger partial charge is 0.399 e. The highest BCUT2D eigenvalue weighted by Crippen LogP contribution is 2.43. The molecular weight excluding hydrogens is 327 g/mol. The second kappa shape index (κ2) is 6.35. The van der Waals surface area contributed by atoms with Crippen LogP contribution in [0.5, 0.6) is 0 Å². The molecule has 1 unspecified atom stereocenters. The maximum Gasteiger partial charge on any atom is 0.498 e. The normalized spacial score (nSPS) is 29.9. The summed E-state index contributed by atoms with van der Waals surface area (Å²) in [5.74, 6) is 0. The van der Waals surface area contributed by atoms with Crippen molar-refractivity contribution < 1.29 is 14.0 Å². The van der Waals surface area contributed by atoms with Crippen molar-refractivity contribution in [3.05, 3.63) is 11.9 Å². The molecule has 0 radical (unpaired) electrons. The van der Waals surface area contributed by atoms with Crippen LogP contribution < -0.4 is 5.46 Å². The summed E-state index contributed by atoms with van der Waals surface area (Å²) < 4.78 is 20.5. The zero-order chi connectivity index (χ0) is 19.4. The molecule has 0 amide bonds. The Kier molecular flexibility index (Phi) is 4.86. The summed E-state index contributed by atoms with van der Waals surface area (Å²) in [7, 11) is 1.48. The van der Waals surface area contributed by atoms with Gasteiger partial charge in [-0.1, -0.05) is 13.8 Å². The maximum atomic E-state index is 6.21. The first kappa shape index (κ1) is 19.9. The van der Waals surface area contributed by atoms with Crippen LogP contribution in [-0.4, -0.2) is 40.8 Å². The van der Waals surface area contributed by atoms with Crippen LogP contribution in [-0.2, 0) is 20.6 Å². The average Bonchev–Trinajstić information content (AvgIpc) is 2.95. The zero-order valence-corrected chi connectivity index (χ0v) is 17.8. The molecule has 0 N–H and O–H groups in total. The molecule has 3 rings (SSSR count). The third-order valence-electron chi connectivity index (χ3n) is 6.81. The summed E-state index contributed by atoms with van der Waals surface area (Å²) in [5.41, 5.74) is 1.60. The van der Waals surface area contributed by atoms with Crippen LogP contribution in [0.3, 0.4) is 0 Å². The monoisotopic (exact) mass is 362 g/mol. The van der Waals surface area contributed by atoms with Crippen LogP contribution in [0.4, 0.5) is 0 Å². The summed E-state index contributed by atoms with van der Waals surface area (Å²) in [6.45, 7) is 15.9. The van der Waals surface area contributed by atoms with Crippen LogP contribution in [0, 0.1) is 12.3 Å². The molecule has 1 saturated carbocycles. The molecule has 2 aliphatic rings. The summed E-state index contributed by atoms with van der Waals surface area (Å²) in [4.78, 5) is 0. The number of rotatable bonds is 4. The van der Waals surface area contributed by atoms with E-state index in [1.165, 1.54) is 12.8 Å². The molecule has 1 aliphatic heterocycles. The SMILES string of the molecule is COC1(Cn2ncc(B3OC(C)(C)C(C)(C)O3)c2C)CCCC(C)(C)C1. The molecule has 1 saturated heterocycles. The van der Waals surface area contributed by atoms with Crippen molar-refractivity contribution >= 4 is 12.6 Å². The Morgan fingerprint density at radius 1 is 1.12 bits per heavy atom. The Hall–Kier alpha value is -0.845. The Labute approximate surface area is 158 Å². The lowest BCUT2D eigenvalue weighted by molar-refractivity contribution is -0.0855. The maximum absolute atomic E-state index is 6.21. The summed E-state index contributed by atoms with van der Waals surface area (Å²) >= 11 is 0. The third kappa shape index (κ3) is 3.48. The van der Waals surface area contributed by atoms with Crippen molar-refractivity contribution in [1.82, 2.24) is 9.78 Å². The predicted octanol–water partition coefficient (Wildman–Crippen LogP) is 3.48. The van der Waals surface area contributed by atoms with Gasteiger partial charge >= 0.3 is 7.12 Å². The summed E-state index contributed by atoms with van der Waals surface area (Å²) in [6.07, 6.45) is 6.50. The molecule has 0 aromatic carbocycles. The van der Waals surface area contributed by atoms with E-state index < -0.39 is 0 Å². The number of ether oxygens (including phenoxy) is 1. The van der Waals surface area contributed by atoms with Crippen molar-refractivity contribution in [2.75, 3.05) is 7.11 Å².